The van der Waals surface area contributed by atoms with Gasteiger partial charge in [-0.1, -0.05) is 12.1 Å². The normalized spacial score (nSPS) is 17.4. The number of nitrogens with zero attached hydrogens (tertiary/aromatic N) is 1. The van der Waals surface area contributed by atoms with Crippen molar-refractivity contribution >= 4 is 10.9 Å². The third kappa shape index (κ3) is 2.42. The van der Waals surface area contributed by atoms with E-state index in [1.54, 1.807) is 0 Å². The lowest BCUT2D eigenvalue weighted by Crippen LogP contribution is -2.25. The summed E-state index contributed by atoms with van der Waals surface area (Å²) in [5.74, 6) is 0. The standard InChI is InChI=1S/C15H19NO2/c1-12-3-4-13-5-7-16(14(13)11-12)8-6-15-17-9-2-10-18-15/h3-5,7,11,15H,2,6,8-10H2,1H3. The average Bonchev–Trinajstić information content (AvgIpc) is 2.80. The molecule has 1 aliphatic heterocycles. The van der Waals surface area contributed by atoms with Gasteiger partial charge in [0.2, 0.25) is 0 Å². The maximum Gasteiger partial charge on any atom is 0.159 e. The molecule has 1 aliphatic rings. The Hall–Kier alpha value is -1.32. The predicted octanol–water partition coefficient (Wildman–Crippen LogP) is 3.10. The molecule has 0 radical (unpaired) electrons. The topological polar surface area (TPSA) is 23.4 Å². The maximum absolute atomic E-state index is 5.58. The first-order valence-corrected chi connectivity index (χ1v) is 6.62. The zero-order valence-corrected chi connectivity index (χ0v) is 10.8. The zero-order chi connectivity index (χ0) is 12.4. The minimum absolute atomic E-state index is 0.0268. The van der Waals surface area contributed by atoms with Crippen molar-refractivity contribution in [1.82, 2.24) is 4.57 Å². The van der Waals surface area contributed by atoms with Crippen molar-refractivity contribution in [2.45, 2.75) is 32.6 Å². The summed E-state index contributed by atoms with van der Waals surface area (Å²) in [6.45, 7) is 4.73. The highest BCUT2D eigenvalue weighted by Crippen LogP contribution is 2.19. The van der Waals surface area contributed by atoms with Crippen molar-refractivity contribution in [2.75, 3.05) is 13.2 Å². The van der Waals surface area contributed by atoms with Gasteiger partial charge in [-0.05, 0) is 36.4 Å². The molecule has 3 rings (SSSR count). The molecular weight excluding hydrogens is 226 g/mol. The molecule has 0 spiro atoms. The Morgan fingerprint density at radius 3 is 2.89 bits per heavy atom. The second kappa shape index (κ2) is 5.12. The number of fused-ring (bicyclic) bond motifs is 1. The molecule has 3 heteroatoms. The molecule has 0 amide bonds. The number of ether oxygens (including phenoxy) is 2. The Balaban J connectivity index is 1.72. The molecule has 1 aromatic carbocycles. The number of aromatic nitrogens is 1. The summed E-state index contributed by atoms with van der Waals surface area (Å²) in [5.41, 5.74) is 2.60. The molecule has 0 aliphatic carbocycles. The van der Waals surface area contributed by atoms with Gasteiger partial charge in [-0.3, -0.25) is 0 Å². The van der Waals surface area contributed by atoms with Gasteiger partial charge >= 0.3 is 0 Å². The fraction of sp³-hybridized carbons (Fsp3) is 0.467. The van der Waals surface area contributed by atoms with E-state index >= 15 is 0 Å². The number of aryl methyl sites for hydroxylation is 2. The number of hydrogen-bond donors (Lipinski definition) is 0. The van der Waals surface area contributed by atoms with Crippen LogP contribution in [0.1, 0.15) is 18.4 Å². The van der Waals surface area contributed by atoms with Crippen molar-refractivity contribution in [2.24, 2.45) is 0 Å². The second-order valence-electron chi connectivity index (χ2n) is 4.88. The lowest BCUT2D eigenvalue weighted by atomic mass is 10.2. The van der Waals surface area contributed by atoms with E-state index < -0.39 is 0 Å². The van der Waals surface area contributed by atoms with E-state index in [2.05, 4.69) is 42.0 Å². The van der Waals surface area contributed by atoms with E-state index in [4.69, 9.17) is 9.47 Å². The number of rotatable bonds is 3. The summed E-state index contributed by atoms with van der Waals surface area (Å²) in [6, 6.07) is 8.73. The van der Waals surface area contributed by atoms with Gasteiger partial charge < -0.3 is 14.0 Å². The van der Waals surface area contributed by atoms with Crippen molar-refractivity contribution in [3.05, 3.63) is 36.0 Å². The highest BCUT2D eigenvalue weighted by Gasteiger charge is 2.14. The van der Waals surface area contributed by atoms with Crippen molar-refractivity contribution in [3.8, 4) is 0 Å². The predicted molar refractivity (Wildman–Crippen MR) is 71.6 cm³/mol. The first-order valence-electron chi connectivity index (χ1n) is 6.62. The van der Waals surface area contributed by atoms with Gasteiger partial charge in [-0.15, -0.1) is 0 Å². The van der Waals surface area contributed by atoms with Gasteiger partial charge in [0.15, 0.2) is 6.29 Å². The fourth-order valence-electron chi connectivity index (χ4n) is 2.44. The van der Waals surface area contributed by atoms with Gasteiger partial charge in [-0.25, -0.2) is 0 Å². The molecule has 1 aromatic heterocycles. The molecule has 2 heterocycles. The largest absolute Gasteiger partial charge is 0.353 e. The Labute approximate surface area is 107 Å². The first kappa shape index (κ1) is 11.8. The summed E-state index contributed by atoms with van der Waals surface area (Å²) >= 11 is 0. The minimum atomic E-state index is -0.0268. The van der Waals surface area contributed by atoms with Crippen LogP contribution in [0.4, 0.5) is 0 Å². The fourth-order valence-corrected chi connectivity index (χ4v) is 2.44. The van der Waals surface area contributed by atoms with Crippen molar-refractivity contribution in [3.63, 3.8) is 0 Å². The molecule has 0 atom stereocenters. The molecule has 0 bridgehead atoms. The number of hydrogen-bond acceptors (Lipinski definition) is 2. The van der Waals surface area contributed by atoms with Crippen LogP contribution >= 0.6 is 0 Å². The van der Waals surface area contributed by atoms with Gasteiger partial charge in [0.25, 0.3) is 0 Å². The summed E-state index contributed by atoms with van der Waals surface area (Å²) < 4.78 is 13.4. The minimum Gasteiger partial charge on any atom is -0.353 e. The molecule has 1 saturated heterocycles. The quantitative estimate of drug-likeness (QED) is 0.829. The molecule has 18 heavy (non-hydrogen) atoms. The van der Waals surface area contributed by atoms with Gasteiger partial charge in [-0.2, -0.15) is 0 Å². The third-order valence-electron chi connectivity index (χ3n) is 3.43. The van der Waals surface area contributed by atoms with Crippen LogP contribution in [-0.4, -0.2) is 24.1 Å². The summed E-state index contributed by atoms with van der Waals surface area (Å²) in [4.78, 5) is 0. The first-order chi connectivity index (χ1) is 8.83. The second-order valence-corrected chi connectivity index (χ2v) is 4.88. The third-order valence-corrected chi connectivity index (χ3v) is 3.43. The smallest absolute Gasteiger partial charge is 0.159 e. The Morgan fingerprint density at radius 1 is 1.22 bits per heavy atom. The number of benzene rings is 1. The lowest BCUT2D eigenvalue weighted by Gasteiger charge is -2.23. The molecule has 3 nitrogen and oxygen atoms in total. The SMILES string of the molecule is Cc1ccc2ccn(CCC3OCCCO3)c2c1. The summed E-state index contributed by atoms with van der Waals surface area (Å²) in [7, 11) is 0. The van der Waals surface area contributed by atoms with E-state index in [9.17, 15) is 0 Å². The molecular formula is C15H19NO2. The molecule has 0 saturated carbocycles. The summed E-state index contributed by atoms with van der Waals surface area (Å²) in [5, 5.41) is 1.30. The lowest BCUT2D eigenvalue weighted by molar-refractivity contribution is -0.182. The van der Waals surface area contributed by atoms with Crippen LogP contribution < -0.4 is 0 Å². The summed E-state index contributed by atoms with van der Waals surface area (Å²) in [6.07, 6.45) is 4.05. The van der Waals surface area contributed by atoms with Gasteiger partial charge in [0.05, 0.1) is 13.2 Å². The molecule has 2 aromatic rings. The van der Waals surface area contributed by atoms with E-state index in [-0.39, 0.29) is 6.29 Å². The maximum atomic E-state index is 5.58. The van der Waals surface area contributed by atoms with Crippen molar-refractivity contribution < 1.29 is 9.47 Å². The molecule has 96 valence electrons. The van der Waals surface area contributed by atoms with Crippen LogP contribution in [0.2, 0.25) is 0 Å². The Morgan fingerprint density at radius 2 is 2.06 bits per heavy atom. The van der Waals surface area contributed by atoms with E-state index in [0.717, 1.165) is 32.6 Å². The van der Waals surface area contributed by atoms with Gasteiger partial charge in [0.1, 0.15) is 0 Å². The van der Waals surface area contributed by atoms with Crippen molar-refractivity contribution in [1.29, 1.82) is 0 Å². The molecule has 0 N–H and O–H groups in total. The highest BCUT2D eigenvalue weighted by molar-refractivity contribution is 5.80. The molecule has 1 fully saturated rings. The van der Waals surface area contributed by atoms with E-state index in [1.165, 1.54) is 16.5 Å². The average molecular weight is 245 g/mol. The van der Waals surface area contributed by atoms with Crippen LogP contribution in [0.3, 0.4) is 0 Å². The van der Waals surface area contributed by atoms with Crippen LogP contribution in [0, 0.1) is 6.92 Å². The Kier molecular flexibility index (Phi) is 3.35. The van der Waals surface area contributed by atoms with E-state index in [0.29, 0.717) is 0 Å². The van der Waals surface area contributed by atoms with E-state index in [1.807, 2.05) is 0 Å². The van der Waals surface area contributed by atoms with Crippen LogP contribution in [0.25, 0.3) is 10.9 Å². The Bertz CT molecular complexity index is 526. The zero-order valence-electron chi connectivity index (χ0n) is 10.8. The highest BCUT2D eigenvalue weighted by atomic mass is 16.7. The molecule has 0 unspecified atom stereocenters. The van der Waals surface area contributed by atoms with Crippen LogP contribution in [-0.2, 0) is 16.0 Å². The van der Waals surface area contributed by atoms with Gasteiger partial charge in [0, 0.05) is 24.7 Å². The van der Waals surface area contributed by atoms with Crippen LogP contribution in [0.5, 0.6) is 0 Å². The van der Waals surface area contributed by atoms with Crippen LogP contribution in [0.15, 0.2) is 30.5 Å². The monoisotopic (exact) mass is 245 g/mol.